The van der Waals surface area contributed by atoms with Gasteiger partial charge in [-0.3, -0.25) is 0 Å². The molecule has 10 rings (SSSR count). The lowest BCUT2D eigenvalue weighted by Gasteiger charge is -2.09. The summed E-state index contributed by atoms with van der Waals surface area (Å²) < 4.78 is 9.26. The fraction of sp³-hybridized carbons (Fsp3) is 0. The third-order valence-electron chi connectivity index (χ3n) is 9.30. The Morgan fingerprint density at radius 2 is 1.10 bits per heavy atom. The molecule has 0 aliphatic carbocycles. The molecule has 3 aromatic heterocycles. The van der Waals surface area contributed by atoms with Crippen molar-refractivity contribution in [3.05, 3.63) is 158 Å². The van der Waals surface area contributed by atoms with E-state index in [0.717, 1.165) is 71.1 Å². The number of fused-ring (bicyclic) bond motifs is 7. The van der Waals surface area contributed by atoms with Gasteiger partial charge in [0.15, 0.2) is 5.82 Å². The average Bonchev–Trinajstić information content (AvgIpc) is 3.72. The van der Waals surface area contributed by atoms with E-state index in [-0.39, 0.29) is 0 Å². The van der Waals surface area contributed by atoms with Crippen LogP contribution >= 0.6 is 11.3 Å². The standard InChI is InChI=1S/C44H26N2OS/c1-3-12-27(13-4-1)28-22-24-30(25-23-28)44-45-39-34-18-9-10-21-37(34)48-43(39)40(46-44)35-20-11-19-33-36-26-31-16-7-8-17-32(31)38(42(36)47-41(33)35)29-14-5-2-6-15-29/h1-26H. The van der Waals surface area contributed by atoms with E-state index in [2.05, 4.69) is 152 Å². The van der Waals surface area contributed by atoms with E-state index < -0.39 is 0 Å². The molecule has 3 heterocycles. The van der Waals surface area contributed by atoms with E-state index in [4.69, 9.17) is 14.4 Å². The van der Waals surface area contributed by atoms with Gasteiger partial charge in [-0.1, -0.05) is 140 Å². The Hall–Kier alpha value is -6.10. The number of furan rings is 1. The van der Waals surface area contributed by atoms with Gasteiger partial charge in [-0.2, -0.15) is 0 Å². The van der Waals surface area contributed by atoms with Gasteiger partial charge in [-0.05, 0) is 45.7 Å². The minimum Gasteiger partial charge on any atom is -0.455 e. The molecule has 0 unspecified atom stereocenters. The fourth-order valence-corrected chi connectivity index (χ4v) is 8.16. The van der Waals surface area contributed by atoms with Crippen molar-refractivity contribution in [3.8, 4) is 44.9 Å². The second-order valence-electron chi connectivity index (χ2n) is 12.1. The number of benzene rings is 7. The van der Waals surface area contributed by atoms with Crippen LogP contribution in [0.4, 0.5) is 0 Å². The maximum Gasteiger partial charge on any atom is 0.160 e. The number of hydrogen-bond donors (Lipinski definition) is 0. The fourth-order valence-electron chi connectivity index (χ4n) is 7.02. The Labute approximate surface area is 280 Å². The van der Waals surface area contributed by atoms with E-state index in [1.54, 1.807) is 11.3 Å². The van der Waals surface area contributed by atoms with Gasteiger partial charge in [0.1, 0.15) is 11.2 Å². The monoisotopic (exact) mass is 630 g/mol. The molecule has 10 aromatic rings. The predicted octanol–water partition coefficient (Wildman–Crippen LogP) is 12.6. The van der Waals surface area contributed by atoms with E-state index in [1.165, 1.54) is 21.0 Å². The van der Waals surface area contributed by atoms with Gasteiger partial charge in [0.2, 0.25) is 0 Å². The Balaban J connectivity index is 1.25. The molecular weight excluding hydrogens is 605 g/mol. The van der Waals surface area contributed by atoms with Crippen molar-refractivity contribution >= 4 is 64.4 Å². The van der Waals surface area contributed by atoms with E-state index in [0.29, 0.717) is 5.82 Å². The van der Waals surface area contributed by atoms with Crippen molar-refractivity contribution in [2.24, 2.45) is 0 Å². The molecule has 0 saturated heterocycles. The van der Waals surface area contributed by atoms with Crippen LogP contribution in [0.5, 0.6) is 0 Å². The lowest BCUT2D eigenvalue weighted by molar-refractivity contribution is 0.671. The summed E-state index contributed by atoms with van der Waals surface area (Å²) in [6.45, 7) is 0. The van der Waals surface area contributed by atoms with Crippen LogP contribution in [0.3, 0.4) is 0 Å². The lowest BCUT2D eigenvalue weighted by atomic mass is 9.95. The van der Waals surface area contributed by atoms with Gasteiger partial charge in [-0.25, -0.2) is 9.97 Å². The third kappa shape index (κ3) is 4.20. The second kappa shape index (κ2) is 10.7. The molecule has 0 aliphatic heterocycles. The van der Waals surface area contributed by atoms with Crippen LogP contribution in [0, 0.1) is 0 Å². The predicted molar refractivity (Wildman–Crippen MR) is 201 cm³/mol. The van der Waals surface area contributed by atoms with Gasteiger partial charge in [0, 0.05) is 37.5 Å². The Bertz CT molecular complexity index is 2820. The quantitative estimate of drug-likeness (QED) is 0.194. The van der Waals surface area contributed by atoms with Crippen LogP contribution < -0.4 is 0 Å². The maximum atomic E-state index is 7.01. The molecule has 48 heavy (non-hydrogen) atoms. The first-order chi connectivity index (χ1) is 23.8. The maximum absolute atomic E-state index is 7.01. The molecular formula is C44H26N2OS. The van der Waals surface area contributed by atoms with Gasteiger partial charge in [0.25, 0.3) is 0 Å². The van der Waals surface area contributed by atoms with Gasteiger partial charge in [-0.15, -0.1) is 11.3 Å². The zero-order chi connectivity index (χ0) is 31.6. The highest BCUT2D eigenvalue weighted by Crippen LogP contribution is 2.46. The Kier molecular flexibility index (Phi) is 6.05. The first kappa shape index (κ1) is 27.1. The largest absolute Gasteiger partial charge is 0.455 e. The number of rotatable bonds is 4. The summed E-state index contributed by atoms with van der Waals surface area (Å²) in [7, 11) is 0. The van der Waals surface area contributed by atoms with E-state index in [1.807, 2.05) is 6.07 Å². The second-order valence-corrected chi connectivity index (χ2v) is 13.2. The summed E-state index contributed by atoms with van der Waals surface area (Å²) >= 11 is 1.74. The third-order valence-corrected chi connectivity index (χ3v) is 10.5. The summed E-state index contributed by atoms with van der Waals surface area (Å²) in [5, 5.41) is 5.67. The number of thiophene rings is 1. The van der Waals surface area contributed by atoms with Crippen molar-refractivity contribution in [3.63, 3.8) is 0 Å². The Morgan fingerprint density at radius 3 is 1.92 bits per heavy atom. The summed E-state index contributed by atoms with van der Waals surface area (Å²) in [6.07, 6.45) is 0. The molecule has 0 N–H and O–H groups in total. The topological polar surface area (TPSA) is 38.9 Å². The lowest BCUT2D eigenvalue weighted by Crippen LogP contribution is -1.94. The molecule has 0 bridgehead atoms. The first-order valence-corrected chi connectivity index (χ1v) is 16.9. The highest BCUT2D eigenvalue weighted by molar-refractivity contribution is 7.26. The highest BCUT2D eigenvalue weighted by atomic mass is 32.1. The molecule has 4 heteroatoms. The zero-order valence-electron chi connectivity index (χ0n) is 25.7. The number of hydrogen-bond acceptors (Lipinski definition) is 4. The molecule has 0 aliphatic rings. The van der Waals surface area contributed by atoms with Crippen molar-refractivity contribution < 1.29 is 4.42 Å². The summed E-state index contributed by atoms with van der Waals surface area (Å²) in [4.78, 5) is 10.5. The number of aromatic nitrogens is 2. The van der Waals surface area contributed by atoms with Crippen LogP contribution in [0.25, 0.3) is 97.9 Å². The minimum atomic E-state index is 0.699. The summed E-state index contributed by atoms with van der Waals surface area (Å²) in [5.41, 5.74) is 10.1. The molecule has 7 aromatic carbocycles. The van der Waals surface area contributed by atoms with Crippen LogP contribution in [0.1, 0.15) is 0 Å². The molecule has 0 fully saturated rings. The SMILES string of the molecule is c1ccc(-c2ccc(-c3nc(-c4cccc5c4oc4c(-c6ccccc6)c6ccccc6cc45)c4sc5ccccc5c4n3)cc2)cc1. The van der Waals surface area contributed by atoms with E-state index >= 15 is 0 Å². The molecule has 3 nitrogen and oxygen atoms in total. The van der Waals surface area contributed by atoms with Crippen LogP contribution in [0.2, 0.25) is 0 Å². The van der Waals surface area contributed by atoms with Crippen molar-refractivity contribution in [1.29, 1.82) is 0 Å². The average molecular weight is 631 g/mol. The van der Waals surface area contributed by atoms with Gasteiger partial charge >= 0.3 is 0 Å². The van der Waals surface area contributed by atoms with Crippen LogP contribution in [-0.2, 0) is 0 Å². The highest BCUT2D eigenvalue weighted by Gasteiger charge is 2.22. The molecule has 0 atom stereocenters. The van der Waals surface area contributed by atoms with Gasteiger partial charge < -0.3 is 4.42 Å². The Morgan fingerprint density at radius 1 is 0.458 bits per heavy atom. The van der Waals surface area contributed by atoms with Crippen molar-refractivity contribution in [1.82, 2.24) is 9.97 Å². The molecule has 0 saturated carbocycles. The number of para-hydroxylation sites is 1. The molecule has 0 amide bonds. The zero-order valence-corrected chi connectivity index (χ0v) is 26.5. The molecule has 0 spiro atoms. The minimum absolute atomic E-state index is 0.699. The van der Waals surface area contributed by atoms with Gasteiger partial charge in [0.05, 0.1) is 15.9 Å². The van der Waals surface area contributed by atoms with Crippen molar-refractivity contribution in [2.75, 3.05) is 0 Å². The molecule has 0 radical (unpaired) electrons. The van der Waals surface area contributed by atoms with E-state index in [9.17, 15) is 0 Å². The smallest absolute Gasteiger partial charge is 0.160 e. The number of nitrogens with zero attached hydrogens (tertiary/aromatic N) is 2. The normalized spacial score (nSPS) is 11.8. The summed E-state index contributed by atoms with van der Waals surface area (Å²) in [5.74, 6) is 0.699. The van der Waals surface area contributed by atoms with Crippen molar-refractivity contribution in [2.45, 2.75) is 0 Å². The first-order valence-electron chi connectivity index (χ1n) is 16.1. The van der Waals surface area contributed by atoms with Crippen LogP contribution in [-0.4, -0.2) is 9.97 Å². The summed E-state index contributed by atoms with van der Waals surface area (Å²) in [6, 6.07) is 55.3. The molecule has 224 valence electrons. The van der Waals surface area contributed by atoms with Crippen LogP contribution in [0.15, 0.2) is 162 Å².